The molecule has 2 aromatic heterocycles. The van der Waals surface area contributed by atoms with Gasteiger partial charge in [-0.05, 0) is 17.1 Å². The summed E-state index contributed by atoms with van der Waals surface area (Å²) in [5.74, 6) is -1.76. The normalized spacial score (nSPS) is 10.7. The lowest BCUT2D eigenvalue weighted by Gasteiger charge is -2.04. The molecule has 0 amide bonds. The fraction of sp³-hybridized carbons (Fsp3) is 0. The van der Waals surface area contributed by atoms with Crippen molar-refractivity contribution < 1.29 is 14.8 Å². The Balaban J connectivity index is 2.28. The SMILES string of the molecule is O=C(O)c1cc(-n2cnc([N+](=O)[O-])n2)c2ccccc2n1. The van der Waals surface area contributed by atoms with Crippen LogP contribution >= 0.6 is 0 Å². The maximum Gasteiger partial charge on any atom is 0.491 e. The Morgan fingerprint density at radius 2 is 2.10 bits per heavy atom. The predicted octanol–water partition coefficient (Wildman–Crippen LogP) is 1.42. The number of carboxylic acids is 1. The molecule has 3 aromatic rings. The van der Waals surface area contributed by atoms with Gasteiger partial charge in [0.1, 0.15) is 0 Å². The lowest BCUT2D eigenvalue weighted by molar-refractivity contribution is -0.394. The topological polar surface area (TPSA) is 124 Å². The quantitative estimate of drug-likeness (QED) is 0.570. The highest BCUT2D eigenvalue weighted by molar-refractivity contribution is 5.94. The van der Waals surface area contributed by atoms with Gasteiger partial charge < -0.3 is 15.2 Å². The van der Waals surface area contributed by atoms with Crippen LogP contribution in [0.4, 0.5) is 5.95 Å². The van der Waals surface area contributed by atoms with Gasteiger partial charge in [-0.25, -0.2) is 9.78 Å². The number of hydrogen-bond donors (Lipinski definition) is 1. The summed E-state index contributed by atoms with van der Waals surface area (Å²) in [6, 6.07) is 8.13. The molecule has 0 aliphatic rings. The van der Waals surface area contributed by atoms with Crippen LogP contribution in [0, 0.1) is 10.1 Å². The van der Waals surface area contributed by atoms with Gasteiger partial charge in [-0.15, -0.1) is 4.68 Å². The maximum atomic E-state index is 11.1. The van der Waals surface area contributed by atoms with E-state index < -0.39 is 16.8 Å². The molecule has 0 atom stereocenters. The summed E-state index contributed by atoms with van der Waals surface area (Å²) in [5.41, 5.74) is 0.631. The Labute approximate surface area is 116 Å². The Hall–Kier alpha value is -3.36. The number of rotatable bonds is 3. The molecule has 3 rings (SSSR count). The van der Waals surface area contributed by atoms with Gasteiger partial charge in [0.25, 0.3) is 0 Å². The van der Waals surface area contributed by atoms with Gasteiger partial charge in [-0.2, -0.15) is 0 Å². The molecule has 0 unspecified atom stereocenters. The Kier molecular flexibility index (Phi) is 2.79. The first kappa shape index (κ1) is 12.7. The summed E-state index contributed by atoms with van der Waals surface area (Å²) in [6.45, 7) is 0. The molecule has 9 nitrogen and oxygen atoms in total. The van der Waals surface area contributed by atoms with Gasteiger partial charge in [-0.1, -0.05) is 23.2 Å². The summed E-state index contributed by atoms with van der Waals surface area (Å²) in [4.78, 5) is 28.6. The number of aromatic nitrogens is 4. The second-order valence-electron chi connectivity index (χ2n) is 4.10. The second-order valence-corrected chi connectivity index (χ2v) is 4.10. The number of pyridine rings is 1. The number of benzene rings is 1. The highest BCUT2D eigenvalue weighted by atomic mass is 16.6. The molecule has 0 saturated carbocycles. The number of hydrogen-bond acceptors (Lipinski definition) is 6. The minimum Gasteiger partial charge on any atom is -0.477 e. The van der Waals surface area contributed by atoms with E-state index in [4.69, 9.17) is 5.11 Å². The summed E-state index contributed by atoms with van der Waals surface area (Å²) in [7, 11) is 0. The largest absolute Gasteiger partial charge is 0.491 e. The average Bonchev–Trinajstić information content (AvgIpc) is 2.96. The summed E-state index contributed by atoms with van der Waals surface area (Å²) < 4.78 is 1.16. The highest BCUT2D eigenvalue weighted by Crippen LogP contribution is 2.22. The summed E-state index contributed by atoms with van der Waals surface area (Å²) in [6.07, 6.45) is 1.16. The first-order valence-corrected chi connectivity index (χ1v) is 5.76. The van der Waals surface area contributed by atoms with Crippen molar-refractivity contribution in [3.8, 4) is 5.69 Å². The first-order valence-electron chi connectivity index (χ1n) is 5.76. The van der Waals surface area contributed by atoms with Crippen LogP contribution < -0.4 is 0 Å². The first-order chi connectivity index (χ1) is 10.1. The Morgan fingerprint density at radius 3 is 2.76 bits per heavy atom. The van der Waals surface area contributed by atoms with Crippen LogP contribution in [0.25, 0.3) is 16.6 Å². The maximum absolute atomic E-state index is 11.1. The number of fused-ring (bicyclic) bond motifs is 1. The van der Waals surface area contributed by atoms with Crippen LogP contribution in [0.5, 0.6) is 0 Å². The van der Waals surface area contributed by atoms with Crippen molar-refractivity contribution in [2.24, 2.45) is 0 Å². The predicted molar refractivity (Wildman–Crippen MR) is 70.3 cm³/mol. The van der Waals surface area contributed by atoms with Crippen LogP contribution in [-0.4, -0.2) is 35.7 Å². The average molecular weight is 285 g/mol. The fourth-order valence-electron chi connectivity index (χ4n) is 1.91. The van der Waals surface area contributed by atoms with Crippen molar-refractivity contribution in [3.63, 3.8) is 0 Å². The molecule has 0 spiro atoms. The molecule has 0 aliphatic carbocycles. The van der Waals surface area contributed by atoms with Gasteiger partial charge in [0.2, 0.25) is 6.33 Å². The molecule has 0 aliphatic heterocycles. The van der Waals surface area contributed by atoms with Gasteiger partial charge in [0.15, 0.2) is 5.69 Å². The van der Waals surface area contributed by atoms with E-state index in [2.05, 4.69) is 15.1 Å². The van der Waals surface area contributed by atoms with Crippen molar-refractivity contribution in [2.75, 3.05) is 0 Å². The number of carbonyl (C=O) groups is 1. The molecule has 0 saturated heterocycles. The van der Waals surface area contributed by atoms with E-state index in [1.807, 2.05) is 0 Å². The van der Waals surface area contributed by atoms with Crippen LogP contribution in [0.15, 0.2) is 36.7 Å². The Morgan fingerprint density at radius 1 is 1.33 bits per heavy atom. The zero-order chi connectivity index (χ0) is 15.0. The molecule has 2 heterocycles. The lowest BCUT2D eigenvalue weighted by atomic mass is 10.1. The molecular weight excluding hydrogens is 278 g/mol. The van der Waals surface area contributed by atoms with Gasteiger partial charge in [0.05, 0.1) is 11.2 Å². The molecule has 9 heteroatoms. The highest BCUT2D eigenvalue weighted by Gasteiger charge is 2.18. The van der Waals surface area contributed by atoms with E-state index in [1.54, 1.807) is 24.3 Å². The molecule has 0 radical (unpaired) electrons. The molecule has 21 heavy (non-hydrogen) atoms. The third kappa shape index (κ3) is 2.16. The van der Waals surface area contributed by atoms with Crippen LogP contribution in [0.3, 0.4) is 0 Å². The Bertz CT molecular complexity index is 873. The van der Waals surface area contributed by atoms with Crippen LogP contribution in [-0.2, 0) is 0 Å². The number of para-hydroxylation sites is 1. The second kappa shape index (κ2) is 4.63. The van der Waals surface area contributed by atoms with E-state index in [0.717, 1.165) is 11.0 Å². The molecule has 0 bridgehead atoms. The van der Waals surface area contributed by atoms with E-state index >= 15 is 0 Å². The van der Waals surface area contributed by atoms with Crippen molar-refractivity contribution in [1.29, 1.82) is 0 Å². The van der Waals surface area contributed by atoms with E-state index in [9.17, 15) is 14.9 Å². The van der Waals surface area contributed by atoms with Crippen molar-refractivity contribution >= 4 is 22.8 Å². The third-order valence-electron chi connectivity index (χ3n) is 2.80. The van der Waals surface area contributed by atoms with Gasteiger partial charge >= 0.3 is 11.9 Å². The summed E-state index contributed by atoms with van der Waals surface area (Å²) >= 11 is 0. The van der Waals surface area contributed by atoms with E-state index in [1.165, 1.54) is 6.07 Å². The molecule has 1 aromatic carbocycles. The fourth-order valence-corrected chi connectivity index (χ4v) is 1.91. The zero-order valence-electron chi connectivity index (χ0n) is 10.4. The summed E-state index contributed by atoms with van der Waals surface area (Å²) in [5, 5.41) is 24.1. The molecule has 104 valence electrons. The standard InChI is InChI=1S/C12H7N5O4/c18-11(19)9-5-10(7-3-1-2-4-8(7)14-9)16-6-13-12(15-16)17(20)21/h1-6H,(H,18,19). The van der Waals surface area contributed by atoms with Gasteiger partial charge in [-0.3, -0.25) is 0 Å². The number of carboxylic acid groups (broad SMARTS) is 1. The molecular formula is C12H7N5O4. The van der Waals surface area contributed by atoms with Crippen molar-refractivity contribution in [2.45, 2.75) is 0 Å². The number of aromatic carboxylic acids is 1. The monoisotopic (exact) mass is 285 g/mol. The zero-order valence-corrected chi connectivity index (χ0v) is 10.4. The molecule has 1 N–H and O–H groups in total. The van der Waals surface area contributed by atoms with E-state index in [0.29, 0.717) is 16.6 Å². The molecule has 0 fully saturated rings. The smallest absolute Gasteiger partial charge is 0.477 e. The van der Waals surface area contributed by atoms with Crippen LogP contribution in [0.1, 0.15) is 10.5 Å². The van der Waals surface area contributed by atoms with Crippen molar-refractivity contribution in [1.82, 2.24) is 19.7 Å². The number of nitro groups is 1. The van der Waals surface area contributed by atoms with E-state index in [-0.39, 0.29) is 5.69 Å². The van der Waals surface area contributed by atoms with Crippen molar-refractivity contribution in [3.05, 3.63) is 52.5 Å². The van der Waals surface area contributed by atoms with Crippen LogP contribution in [0.2, 0.25) is 0 Å². The van der Waals surface area contributed by atoms with Gasteiger partial charge in [0, 0.05) is 10.5 Å². The lowest BCUT2D eigenvalue weighted by Crippen LogP contribution is -2.05. The third-order valence-corrected chi connectivity index (χ3v) is 2.80. The number of nitrogens with zero attached hydrogens (tertiary/aromatic N) is 5. The minimum absolute atomic E-state index is 0.179. The minimum atomic E-state index is -1.20.